The van der Waals surface area contributed by atoms with Crippen LogP contribution in [-0.2, 0) is 0 Å². The number of hydrogen-bond donors (Lipinski definition) is 0. The number of nitrogens with zero attached hydrogens (tertiary/aromatic N) is 2. The fraction of sp³-hybridized carbons (Fsp3) is 0.600. The van der Waals surface area contributed by atoms with Crippen molar-refractivity contribution < 1.29 is 9.18 Å². The molecule has 0 bridgehead atoms. The van der Waals surface area contributed by atoms with Crippen molar-refractivity contribution in [3.05, 3.63) is 28.8 Å². The third kappa shape index (κ3) is 2.53. The van der Waals surface area contributed by atoms with E-state index < -0.39 is 5.82 Å². The predicted octanol–water partition coefficient (Wildman–Crippen LogP) is 3.67. The minimum atomic E-state index is -0.519. The van der Waals surface area contributed by atoms with Crippen LogP contribution in [0, 0.1) is 11.7 Å². The summed E-state index contributed by atoms with van der Waals surface area (Å²) in [6.45, 7) is 0.743. The van der Waals surface area contributed by atoms with Crippen molar-refractivity contribution in [2.45, 2.75) is 44.6 Å². The summed E-state index contributed by atoms with van der Waals surface area (Å²) in [6, 6.07) is 1.49. The van der Waals surface area contributed by atoms with E-state index in [0.717, 1.165) is 25.6 Å². The molecule has 1 aromatic rings. The highest BCUT2D eigenvalue weighted by Gasteiger charge is 2.36. The third-order valence-corrected chi connectivity index (χ3v) is 4.84. The van der Waals surface area contributed by atoms with Crippen molar-refractivity contribution in [3.8, 4) is 0 Å². The molecule has 20 heavy (non-hydrogen) atoms. The minimum absolute atomic E-state index is 0.0920. The number of fused-ring (bicyclic) bond motifs is 1. The molecule has 0 N–H and O–H groups in total. The van der Waals surface area contributed by atoms with E-state index in [-0.39, 0.29) is 16.6 Å². The number of carbonyl (C=O) groups excluding carboxylic acids is 1. The minimum Gasteiger partial charge on any atom is -0.335 e. The van der Waals surface area contributed by atoms with E-state index in [0.29, 0.717) is 12.0 Å². The highest BCUT2D eigenvalue weighted by molar-refractivity contribution is 6.32. The van der Waals surface area contributed by atoms with Gasteiger partial charge in [-0.1, -0.05) is 24.4 Å². The molecule has 0 unspecified atom stereocenters. The van der Waals surface area contributed by atoms with Crippen molar-refractivity contribution in [3.63, 3.8) is 0 Å². The van der Waals surface area contributed by atoms with Gasteiger partial charge in [0, 0.05) is 12.6 Å². The van der Waals surface area contributed by atoms with Crippen molar-refractivity contribution >= 4 is 17.5 Å². The van der Waals surface area contributed by atoms with E-state index in [4.69, 9.17) is 11.6 Å². The zero-order valence-corrected chi connectivity index (χ0v) is 12.1. The SMILES string of the molecule is O=C(c1cc(F)cnc1Cl)N1CCC[C@H]2CCCC[C@H]21. The average Bonchev–Trinajstić information content (AvgIpc) is 2.48. The maximum atomic E-state index is 13.3. The molecule has 1 saturated heterocycles. The predicted molar refractivity (Wildman–Crippen MR) is 75.2 cm³/mol. The summed E-state index contributed by atoms with van der Waals surface area (Å²) in [4.78, 5) is 18.3. The molecule has 3 nitrogen and oxygen atoms in total. The van der Waals surface area contributed by atoms with E-state index in [1.54, 1.807) is 0 Å². The van der Waals surface area contributed by atoms with E-state index in [1.807, 2.05) is 4.90 Å². The Labute approximate surface area is 123 Å². The first-order valence-electron chi connectivity index (χ1n) is 7.29. The molecule has 108 valence electrons. The van der Waals surface area contributed by atoms with Crippen LogP contribution in [0.25, 0.3) is 0 Å². The molecule has 1 aromatic heterocycles. The highest BCUT2D eigenvalue weighted by atomic mass is 35.5. The van der Waals surface area contributed by atoms with Gasteiger partial charge in [0.2, 0.25) is 0 Å². The third-order valence-electron chi connectivity index (χ3n) is 4.54. The summed E-state index contributed by atoms with van der Waals surface area (Å²) in [5.41, 5.74) is 0.192. The summed E-state index contributed by atoms with van der Waals surface area (Å²) >= 11 is 5.96. The Morgan fingerprint density at radius 1 is 1.30 bits per heavy atom. The molecule has 1 saturated carbocycles. The maximum absolute atomic E-state index is 13.3. The summed E-state index contributed by atoms with van der Waals surface area (Å²) in [5.74, 6) is -0.0877. The average molecular weight is 297 g/mol. The summed E-state index contributed by atoms with van der Waals surface area (Å²) in [7, 11) is 0. The Balaban J connectivity index is 1.87. The summed E-state index contributed by atoms with van der Waals surface area (Å²) in [6.07, 6.45) is 7.93. The molecule has 1 aliphatic heterocycles. The zero-order valence-electron chi connectivity index (χ0n) is 11.3. The fourth-order valence-corrected chi connectivity index (χ4v) is 3.79. The van der Waals surface area contributed by atoms with E-state index in [2.05, 4.69) is 4.98 Å². The van der Waals surface area contributed by atoms with Gasteiger partial charge in [0.25, 0.3) is 5.91 Å². The molecular formula is C15H18ClFN2O. The first-order chi connectivity index (χ1) is 9.66. The van der Waals surface area contributed by atoms with Crippen molar-refractivity contribution in [1.82, 2.24) is 9.88 Å². The number of halogens is 2. The molecule has 0 aromatic carbocycles. The van der Waals surface area contributed by atoms with Crippen molar-refractivity contribution in [1.29, 1.82) is 0 Å². The summed E-state index contributed by atoms with van der Waals surface area (Å²) in [5, 5.41) is 0.0920. The van der Waals surface area contributed by atoms with Gasteiger partial charge in [-0.25, -0.2) is 9.37 Å². The van der Waals surface area contributed by atoms with Crippen LogP contribution in [-0.4, -0.2) is 28.4 Å². The topological polar surface area (TPSA) is 33.2 Å². The Morgan fingerprint density at radius 2 is 2.05 bits per heavy atom. The molecule has 2 atom stereocenters. The molecule has 0 spiro atoms. The van der Waals surface area contributed by atoms with Crippen LogP contribution in [0.3, 0.4) is 0 Å². The highest BCUT2D eigenvalue weighted by Crippen LogP contribution is 2.36. The lowest BCUT2D eigenvalue weighted by Gasteiger charge is -2.44. The Morgan fingerprint density at radius 3 is 2.90 bits per heavy atom. The van der Waals surface area contributed by atoms with Crippen LogP contribution in [0.2, 0.25) is 5.15 Å². The van der Waals surface area contributed by atoms with Crippen LogP contribution in [0.1, 0.15) is 48.9 Å². The van der Waals surface area contributed by atoms with Gasteiger partial charge in [0.15, 0.2) is 0 Å². The lowest BCUT2D eigenvalue weighted by molar-refractivity contribution is 0.0390. The molecule has 0 radical (unpaired) electrons. The van der Waals surface area contributed by atoms with Crippen LogP contribution >= 0.6 is 11.6 Å². The fourth-order valence-electron chi connectivity index (χ4n) is 3.60. The van der Waals surface area contributed by atoms with Gasteiger partial charge >= 0.3 is 0 Å². The second-order valence-electron chi connectivity index (χ2n) is 5.74. The lowest BCUT2D eigenvalue weighted by Crippen LogP contribution is -2.49. The molecule has 2 aliphatic rings. The normalized spacial score (nSPS) is 26.2. The van der Waals surface area contributed by atoms with E-state index in [1.165, 1.54) is 31.7 Å². The van der Waals surface area contributed by atoms with Crippen molar-refractivity contribution in [2.75, 3.05) is 6.54 Å². The molecule has 2 heterocycles. The maximum Gasteiger partial charge on any atom is 0.257 e. The van der Waals surface area contributed by atoms with Crippen LogP contribution in [0.5, 0.6) is 0 Å². The largest absolute Gasteiger partial charge is 0.335 e. The Kier molecular flexibility index (Phi) is 3.92. The van der Waals surface area contributed by atoms with Crippen LogP contribution in [0.4, 0.5) is 4.39 Å². The number of carbonyl (C=O) groups is 1. The number of piperidine rings is 1. The standard InChI is InChI=1S/C15H18ClFN2O/c16-14-12(8-11(17)9-18-14)15(20)19-7-3-5-10-4-1-2-6-13(10)19/h8-10,13H,1-7H2/t10-,13-/m1/s1. The number of pyridine rings is 1. The first kappa shape index (κ1) is 13.8. The second kappa shape index (κ2) is 5.68. The zero-order chi connectivity index (χ0) is 14.1. The molecule has 1 aliphatic carbocycles. The summed E-state index contributed by atoms with van der Waals surface area (Å²) < 4.78 is 13.3. The van der Waals surface area contributed by atoms with Crippen molar-refractivity contribution in [2.24, 2.45) is 5.92 Å². The molecule has 5 heteroatoms. The number of likely N-dealkylation sites (tertiary alicyclic amines) is 1. The monoisotopic (exact) mass is 296 g/mol. The number of aromatic nitrogens is 1. The van der Waals surface area contributed by atoms with Gasteiger partial charge in [-0.15, -0.1) is 0 Å². The van der Waals surface area contributed by atoms with Gasteiger partial charge in [0.1, 0.15) is 11.0 Å². The number of hydrogen-bond acceptors (Lipinski definition) is 2. The Bertz CT molecular complexity index is 521. The van der Waals surface area contributed by atoms with E-state index in [9.17, 15) is 9.18 Å². The molecule has 2 fully saturated rings. The van der Waals surface area contributed by atoms with E-state index >= 15 is 0 Å². The van der Waals surface area contributed by atoms with Crippen LogP contribution < -0.4 is 0 Å². The Hall–Kier alpha value is -1.16. The molecule has 1 amide bonds. The van der Waals surface area contributed by atoms with Gasteiger partial charge in [-0.05, 0) is 37.7 Å². The lowest BCUT2D eigenvalue weighted by atomic mass is 9.78. The number of amides is 1. The first-order valence-corrected chi connectivity index (χ1v) is 7.66. The molecule has 3 rings (SSSR count). The smallest absolute Gasteiger partial charge is 0.257 e. The van der Waals surface area contributed by atoms with Gasteiger partial charge in [0.05, 0.1) is 11.8 Å². The quantitative estimate of drug-likeness (QED) is 0.741. The second-order valence-corrected chi connectivity index (χ2v) is 6.10. The van der Waals surface area contributed by atoms with Gasteiger partial charge in [-0.3, -0.25) is 4.79 Å². The number of rotatable bonds is 1. The van der Waals surface area contributed by atoms with Gasteiger partial charge in [-0.2, -0.15) is 0 Å². The molecular weight excluding hydrogens is 279 g/mol. The van der Waals surface area contributed by atoms with Gasteiger partial charge < -0.3 is 4.90 Å². The van der Waals surface area contributed by atoms with Crippen LogP contribution in [0.15, 0.2) is 12.3 Å².